The normalized spacial score (nSPS) is 22.7. The molecule has 1 amide bonds. The lowest BCUT2D eigenvalue weighted by Gasteiger charge is -2.34. The quantitative estimate of drug-likeness (QED) is 0.709. The molecule has 0 radical (unpaired) electrons. The highest BCUT2D eigenvalue weighted by Gasteiger charge is 2.21. The zero-order valence-corrected chi connectivity index (χ0v) is 15.7. The average molecular weight is 340 g/mol. The standard InChI is InChI=1S/C19H37N3O2/c1-16(23)14-22-12-8-17(9-13-22)15-21(2)11-10-19(24)20-18-6-4-3-5-7-18/h16-18,23H,3-15H2,1-2H3,(H,20,24)/t16-/m0/s1. The van der Waals surface area contributed by atoms with E-state index in [0.717, 1.165) is 51.5 Å². The summed E-state index contributed by atoms with van der Waals surface area (Å²) >= 11 is 0. The van der Waals surface area contributed by atoms with Gasteiger partial charge in [-0.05, 0) is 58.7 Å². The van der Waals surface area contributed by atoms with E-state index < -0.39 is 0 Å². The van der Waals surface area contributed by atoms with Gasteiger partial charge in [-0.1, -0.05) is 19.3 Å². The maximum absolute atomic E-state index is 12.1. The molecule has 0 aromatic carbocycles. The van der Waals surface area contributed by atoms with E-state index in [4.69, 9.17) is 0 Å². The number of likely N-dealkylation sites (tertiary alicyclic amines) is 1. The molecule has 24 heavy (non-hydrogen) atoms. The zero-order chi connectivity index (χ0) is 17.4. The van der Waals surface area contributed by atoms with Gasteiger partial charge in [-0.2, -0.15) is 0 Å². The smallest absolute Gasteiger partial charge is 0.221 e. The van der Waals surface area contributed by atoms with Gasteiger partial charge in [-0.15, -0.1) is 0 Å². The number of carbonyl (C=O) groups is 1. The number of carbonyl (C=O) groups excluding carboxylic acids is 1. The fourth-order valence-electron chi connectivity index (χ4n) is 4.10. The van der Waals surface area contributed by atoms with Crippen molar-refractivity contribution in [3.8, 4) is 0 Å². The fourth-order valence-corrected chi connectivity index (χ4v) is 4.10. The Morgan fingerprint density at radius 1 is 1.21 bits per heavy atom. The second-order valence-electron chi connectivity index (χ2n) is 8.01. The summed E-state index contributed by atoms with van der Waals surface area (Å²) in [5.74, 6) is 0.946. The highest BCUT2D eigenvalue weighted by Crippen LogP contribution is 2.19. The van der Waals surface area contributed by atoms with E-state index in [9.17, 15) is 9.90 Å². The van der Waals surface area contributed by atoms with Crippen LogP contribution >= 0.6 is 0 Å². The first kappa shape index (κ1) is 19.7. The van der Waals surface area contributed by atoms with E-state index >= 15 is 0 Å². The van der Waals surface area contributed by atoms with Crippen molar-refractivity contribution >= 4 is 5.91 Å². The summed E-state index contributed by atoms with van der Waals surface area (Å²) in [5, 5.41) is 12.7. The third-order valence-electron chi connectivity index (χ3n) is 5.49. The van der Waals surface area contributed by atoms with Gasteiger partial charge < -0.3 is 20.2 Å². The molecule has 1 saturated carbocycles. The maximum Gasteiger partial charge on any atom is 0.221 e. The Balaban J connectivity index is 1.56. The Morgan fingerprint density at radius 3 is 2.50 bits per heavy atom. The third-order valence-corrected chi connectivity index (χ3v) is 5.49. The number of hydrogen-bond acceptors (Lipinski definition) is 4. The molecular formula is C19H37N3O2. The molecule has 1 heterocycles. The Hall–Kier alpha value is -0.650. The number of β-amino-alcohol motifs (C(OH)–C–C–N with tert-alkyl or cyclic N) is 1. The highest BCUT2D eigenvalue weighted by molar-refractivity contribution is 5.76. The molecule has 1 aliphatic heterocycles. The number of rotatable bonds is 8. The fraction of sp³-hybridized carbons (Fsp3) is 0.947. The van der Waals surface area contributed by atoms with Gasteiger partial charge in [0.25, 0.3) is 0 Å². The number of nitrogens with one attached hydrogen (secondary N) is 1. The van der Waals surface area contributed by atoms with Crippen LogP contribution in [-0.2, 0) is 4.79 Å². The molecule has 1 aliphatic carbocycles. The van der Waals surface area contributed by atoms with Crippen LogP contribution in [0, 0.1) is 5.92 Å². The lowest BCUT2D eigenvalue weighted by molar-refractivity contribution is -0.122. The Kier molecular flexibility index (Phi) is 8.50. The first-order valence-corrected chi connectivity index (χ1v) is 9.91. The van der Waals surface area contributed by atoms with Crippen molar-refractivity contribution in [2.75, 3.05) is 39.8 Å². The minimum atomic E-state index is -0.230. The molecule has 1 atom stereocenters. The molecule has 140 valence electrons. The molecule has 2 N–H and O–H groups in total. The SMILES string of the molecule is C[C@H](O)CN1CCC(CN(C)CCC(=O)NC2CCCCC2)CC1. The number of aliphatic hydroxyl groups excluding tert-OH is 1. The largest absolute Gasteiger partial charge is 0.392 e. The summed E-state index contributed by atoms with van der Waals surface area (Å²) in [6.07, 6.45) is 8.96. The molecule has 0 spiro atoms. The van der Waals surface area contributed by atoms with E-state index in [1.165, 1.54) is 32.1 Å². The van der Waals surface area contributed by atoms with Crippen LogP contribution in [0.2, 0.25) is 0 Å². The van der Waals surface area contributed by atoms with E-state index in [1.807, 2.05) is 6.92 Å². The van der Waals surface area contributed by atoms with Crippen LogP contribution in [0.1, 0.15) is 58.3 Å². The maximum atomic E-state index is 12.1. The molecule has 5 heteroatoms. The average Bonchev–Trinajstić information content (AvgIpc) is 2.55. The van der Waals surface area contributed by atoms with Crippen molar-refractivity contribution < 1.29 is 9.90 Å². The number of amides is 1. The summed E-state index contributed by atoms with van der Waals surface area (Å²) in [6.45, 7) is 6.77. The summed E-state index contributed by atoms with van der Waals surface area (Å²) in [7, 11) is 2.13. The second-order valence-corrected chi connectivity index (χ2v) is 8.01. The van der Waals surface area contributed by atoms with E-state index in [2.05, 4.69) is 22.2 Å². The van der Waals surface area contributed by atoms with Crippen LogP contribution in [0.4, 0.5) is 0 Å². The van der Waals surface area contributed by atoms with E-state index in [1.54, 1.807) is 0 Å². The van der Waals surface area contributed by atoms with Crippen LogP contribution in [0.15, 0.2) is 0 Å². The topological polar surface area (TPSA) is 55.8 Å². The number of nitrogens with zero attached hydrogens (tertiary/aromatic N) is 2. The second kappa shape index (κ2) is 10.4. The molecule has 5 nitrogen and oxygen atoms in total. The Labute approximate surface area is 147 Å². The van der Waals surface area contributed by atoms with Crippen LogP contribution in [-0.4, -0.2) is 72.7 Å². The first-order chi connectivity index (χ1) is 11.5. The van der Waals surface area contributed by atoms with Crippen molar-refractivity contribution in [1.82, 2.24) is 15.1 Å². The van der Waals surface area contributed by atoms with Crippen molar-refractivity contribution in [1.29, 1.82) is 0 Å². The van der Waals surface area contributed by atoms with Gasteiger partial charge in [0.15, 0.2) is 0 Å². The minimum absolute atomic E-state index is 0.223. The van der Waals surface area contributed by atoms with Crippen molar-refractivity contribution in [3.05, 3.63) is 0 Å². The molecule has 2 rings (SSSR count). The lowest BCUT2D eigenvalue weighted by atomic mass is 9.95. The summed E-state index contributed by atoms with van der Waals surface area (Å²) in [6, 6.07) is 0.426. The van der Waals surface area contributed by atoms with Crippen LogP contribution in [0.25, 0.3) is 0 Å². The molecule has 0 aromatic rings. The van der Waals surface area contributed by atoms with Crippen LogP contribution in [0.5, 0.6) is 0 Å². The number of hydrogen-bond donors (Lipinski definition) is 2. The predicted molar refractivity (Wildman–Crippen MR) is 98.0 cm³/mol. The number of aliphatic hydroxyl groups is 1. The Bertz CT molecular complexity index is 362. The summed E-state index contributed by atoms with van der Waals surface area (Å²) in [4.78, 5) is 16.8. The van der Waals surface area contributed by atoms with Gasteiger partial charge in [-0.25, -0.2) is 0 Å². The van der Waals surface area contributed by atoms with Crippen molar-refractivity contribution in [3.63, 3.8) is 0 Å². The third kappa shape index (κ3) is 7.49. The summed E-state index contributed by atoms with van der Waals surface area (Å²) in [5.41, 5.74) is 0. The minimum Gasteiger partial charge on any atom is -0.392 e. The predicted octanol–water partition coefficient (Wildman–Crippen LogP) is 1.85. The van der Waals surface area contributed by atoms with Gasteiger partial charge >= 0.3 is 0 Å². The molecule has 1 saturated heterocycles. The monoisotopic (exact) mass is 339 g/mol. The highest BCUT2D eigenvalue weighted by atomic mass is 16.3. The molecule has 0 bridgehead atoms. The molecule has 2 aliphatic rings. The van der Waals surface area contributed by atoms with Crippen LogP contribution in [0.3, 0.4) is 0 Å². The Morgan fingerprint density at radius 2 is 1.88 bits per heavy atom. The van der Waals surface area contributed by atoms with E-state index in [0.29, 0.717) is 12.5 Å². The van der Waals surface area contributed by atoms with Gasteiger partial charge in [0.1, 0.15) is 0 Å². The van der Waals surface area contributed by atoms with Crippen molar-refractivity contribution in [2.24, 2.45) is 5.92 Å². The molecule has 0 aromatic heterocycles. The molecular weight excluding hydrogens is 302 g/mol. The zero-order valence-electron chi connectivity index (χ0n) is 15.7. The van der Waals surface area contributed by atoms with Crippen molar-refractivity contribution in [2.45, 2.75) is 70.4 Å². The lowest BCUT2D eigenvalue weighted by Crippen LogP contribution is -2.41. The van der Waals surface area contributed by atoms with Gasteiger partial charge in [-0.3, -0.25) is 4.79 Å². The van der Waals surface area contributed by atoms with Gasteiger partial charge in [0.2, 0.25) is 5.91 Å². The van der Waals surface area contributed by atoms with E-state index in [-0.39, 0.29) is 12.0 Å². The molecule has 0 unspecified atom stereocenters. The van der Waals surface area contributed by atoms with Gasteiger partial charge in [0, 0.05) is 32.1 Å². The van der Waals surface area contributed by atoms with Crippen LogP contribution < -0.4 is 5.32 Å². The van der Waals surface area contributed by atoms with Gasteiger partial charge in [0.05, 0.1) is 6.10 Å². The summed E-state index contributed by atoms with van der Waals surface area (Å²) < 4.78 is 0. The molecule has 2 fully saturated rings. The number of piperidine rings is 1. The first-order valence-electron chi connectivity index (χ1n) is 9.91.